The molecule has 1 fully saturated rings. The summed E-state index contributed by atoms with van der Waals surface area (Å²) in [7, 11) is 1.60. The topological polar surface area (TPSA) is 119 Å². The molecule has 10 nitrogen and oxygen atoms in total. The molecule has 0 unspecified atom stereocenters. The van der Waals surface area contributed by atoms with Gasteiger partial charge < -0.3 is 19.6 Å². The highest BCUT2D eigenvalue weighted by atomic mass is 32.1. The number of methoxy groups -OCH3 is 1. The number of fused-ring (bicyclic) bond motifs is 1. The second-order valence-corrected chi connectivity index (χ2v) is 7.57. The molecule has 3 aromatic rings. The Morgan fingerprint density at radius 3 is 2.83 bits per heavy atom. The Bertz CT molecular complexity index is 1180. The van der Waals surface area contributed by atoms with Gasteiger partial charge in [-0.3, -0.25) is 9.36 Å². The van der Waals surface area contributed by atoms with Crippen molar-refractivity contribution in [2.24, 2.45) is 5.16 Å². The van der Waals surface area contributed by atoms with Crippen LogP contribution in [0.5, 0.6) is 0 Å². The number of carboxylic acid groups (broad SMARTS) is 1. The average Bonchev–Trinajstić information content (AvgIpc) is 3.20. The molecular weight excluding hydrogens is 410 g/mol. The van der Waals surface area contributed by atoms with Crippen LogP contribution < -0.4 is 10.3 Å². The summed E-state index contributed by atoms with van der Waals surface area (Å²) in [6.07, 6.45) is 2.90. The SMILES string of the molecule is COCCON=C1CN(c2cc(C)c3c(=O)c(C(=O)O)cn(-c4nccs4)c3n2)C1. The Labute approximate surface area is 175 Å². The first kappa shape index (κ1) is 20.0. The van der Waals surface area contributed by atoms with Crippen molar-refractivity contribution in [2.45, 2.75) is 6.92 Å². The summed E-state index contributed by atoms with van der Waals surface area (Å²) in [5, 5.41) is 16.1. The quantitative estimate of drug-likeness (QED) is 0.445. The van der Waals surface area contributed by atoms with E-state index in [9.17, 15) is 14.7 Å². The normalized spacial score (nSPS) is 13.4. The number of oxime groups is 1. The third-order valence-corrected chi connectivity index (χ3v) is 5.41. The van der Waals surface area contributed by atoms with Crippen LogP contribution in [-0.2, 0) is 9.57 Å². The molecule has 1 saturated heterocycles. The van der Waals surface area contributed by atoms with Crippen LogP contribution in [0.3, 0.4) is 0 Å². The van der Waals surface area contributed by atoms with Gasteiger partial charge in [0.25, 0.3) is 0 Å². The number of anilines is 1. The minimum Gasteiger partial charge on any atom is -0.477 e. The lowest BCUT2D eigenvalue weighted by molar-refractivity contribution is 0.0695. The van der Waals surface area contributed by atoms with Crippen LogP contribution in [-0.4, -0.2) is 64.7 Å². The van der Waals surface area contributed by atoms with Crippen LogP contribution >= 0.6 is 11.3 Å². The van der Waals surface area contributed by atoms with Gasteiger partial charge in [0.2, 0.25) is 5.43 Å². The molecule has 0 spiro atoms. The zero-order valence-electron chi connectivity index (χ0n) is 16.4. The highest BCUT2D eigenvalue weighted by Crippen LogP contribution is 2.26. The van der Waals surface area contributed by atoms with Crippen LogP contribution in [0.15, 0.2) is 33.8 Å². The Balaban J connectivity index is 1.73. The molecule has 156 valence electrons. The Morgan fingerprint density at radius 2 is 2.17 bits per heavy atom. The molecule has 4 heterocycles. The second kappa shape index (κ2) is 8.20. The van der Waals surface area contributed by atoms with Gasteiger partial charge in [0.05, 0.1) is 30.8 Å². The van der Waals surface area contributed by atoms with E-state index in [1.807, 2.05) is 4.90 Å². The van der Waals surface area contributed by atoms with E-state index < -0.39 is 11.4 Å². The maximum absolute atomic E-state index is 12.8. The van der Waals surface area contributed by atoms with Crippen molar-refractivity contribution in [1.29, 1.82) is 0 Å². The van der Waals surface area contributed by atoms with E-state index in [2.05, 4.69) is 15.1 Å². The molecule has 0 radical (unpaired) electrons. The zero-order valence-corrected chi connectivity index (χ0v) is 17.2. The summed E-state index contributed by atoms with van der Waals surface area (Å²) in [6.45, 7) is 3.74. The highest BCUT2D eigenvalue weighted by molar-refractivity contribution is 7.12. The maximum Gasteiger partial charge on any atom is 0.341 e. The first-order valence-electron chi connectivity index (χ1n) is 9.11. The predicted octanol–water partition coefficient (Wildman–Crippen LogP) is 1.69. The van der Waals surface area contributed by atoms with E-state index in [0.717, 1.165) is 5.71 Å². The molecule has 0 amide bonds. The van der Waals surface area contributed by atoms with E-state index in [1.165, 1.54) is 17.5 Å². The van der Waals surface area contributed by atoms with Crippen molar-refractivity contribution in [2.75, 3.05) is 38.3 Å². The van der Waals surface area contributed by atoms with Crippen molar-refractivity contribution in [3.8, 4) is 5.13 Å². The van der Waals surface area contributed by atoms with E-state index in [1.54, 1.807) is 36.2 Å². The second-order valence-electron chi connectivity index (χ2n) is 6.70. The van der Waals surface area contributed by atoms with Crippen LogP contribution in [0.4, 0.5) is 5.82 Å². The van der Waals surface area contributed by atoms with Gasteiger partial charge in [-0.1, -0.05) is 5.16 Å². The monoisotopic (exact) mass is 429 g/mol. The van der Waals surface area contributed by atoms with Gasteiger partial charge in [-0.15, -0.1) is 11.3 Å². The molecule has 0 bridgehead atoms. The lowest BCUT2D eigenvalue weighted by Gasteiger charge is -2.33. The fourth-order valence-corrected chi connectivity index (χ4v) is 3.76. The van der Waals surface area contributed by atoms with Crippen molar-refractivity contribution >= 4 is 39.9 Å². The van der Waals surface area contributed by atoms with Gasteiger partial charge in [-0.05, 0) is 18.6 Å². The van der Waals surface area contributed by atoms with Crippen molar-refractivity contribution < 1.29 is 19.5 Å². The number of aromatic nitrogens is 3. The van der Waals surface area contributed by atoms with Gasteiger partial charge in [0, 0.05) is 24.9 Å². The third kappa shape index (κ3) is 3.64. The molecule has 1 N–H and O–H groups in total. The lowest BCUT2D eigenvalue weighted by atomic mass is 10.1. The number of hydrogen-bond acceptors (Lipinski definition) is 9. The number of thiazole rings is 1. The summed E-state index contributed by atoms with van der Waals surface area (Å²) in [5.74, 6) is -0.614. The average molecular weight is 429 g/mol. The van der Waals surface area contributed by atoms with Crippen molar-refractivity contribution in [3.63, 3.8) is 0 Å². The molecule has 3 aromatic heterocycles. The highest BCUT2D eigenvalue weighted by Gasteiger charge is 2.26. The van der Waals surface area contributed by atoms with Crippen LogP contribution in [0.25, 0.3) is 16.2 Å². The van der Waals surface area contributed by atoms with Gasteiger partial charge in [-0.25, -0.2) is 14.8 Å². The molecule has 1 aliphatic rings. The zero-order chi connectivity index (χ0) is 21.3. The molecule has 0 atom stereocenters. The van der Waals surface area contributed by atoms with Gasteiger partial charge in [-0.2, -0.15) is 0 Å². The van der Waals surface area contributed by atoms with E-state index in [-0.39, 0.29) is 10.9 Å². The standard InChI is InChI=1S/C19H19N5O5S/c1-11-7-14(23-8-12(9-23)22-29-5-4-28-2)21-17-15(11)16(25)13(18(26)27)10-24(17)19-20-3-6-30-19/h3,6-7,10H,4-5,8-9H2,1-2H3,(H,26,27). The third-order valence-electron chi connectivity index (χ3n) is 4.64. The lowest BCUT2D eigenvalue weighted by Crippen LogP contribution is -2.48. The summed E-state index contributed by atoms with van der Waals surface area (Å²) in [4.78, 5) is 40.5. The van der Waals surface area contributed by atoms with Crippen LogP contribution in [0.1, 0.15) is 15.9 Å². The molecule has 11 heteroatoms. The smallest absolute Gasteiger partial charge is 0.341 e. The Morgan fingerprint density at radius 1 is 1.37 bits per heavy atom. The molecule has 1 aliphatic heterocycles. The largest absolute Gasteiger partial charge is 0.477 e. The van der Waals surface area contributed by atoms with Gasteiger partial charge >= 0.3 is 5.97 Å². The summed E-state index contributed by atoms with van der Waals surface area (Å²) < 4.78 is 6.47. The van der Waals surface area contributed by atoms with Crippen LogP contribution in [0, 0.1) is 6.92 Å². The molecule has 0 aromatic carbocycles. The van der Waals surface area contributed by atoms with Crippen molar-refractivity contribution in [3.05, 3.63) is 45.2 Å². The number of nitrogens with zero attached hydrogens (tertiary/aromatic N) is 5. The predicted molar refractivity (Wildman–Crippen MR) is 112 cm³/mol. The minimum atomic E-state index is -1.28. The molecule has 4 rings (SSSR count). The van der Waals surface area contributed by atoms with Crippen molar-refractivity contribution in [1.82, 2.24) is 14.5 Å². The molecule has 0 saturated carbocycles. The van der Waals surface area contributed by atoms with Crippen LogP contribution in [0.2, 0.25) is 0 Å². The number of aryl methyl sites for hydroxylation is 1. The molecule has 30 heavy (non-hydrogen) atoms. The van der Waals surface area contributed by atoms with E-state index >= 15 is 0 Å². The number of carbonyl (C=O) groups is 1. The number of carboxylic acids is 1. The summed E-state index contributed by atoms with van der Waals surface area (Å²) in [6, 6.07) is 1.78. The van der Waals surface area contributed by atoms with Gasteiger partial charge in [0.1, 0.15) is 18.0 Å². The summed E-state index contributed by atoms with van der Waals surface area (Å²) >= 11 is 1.33. The molecule has 0 aliphatic carbocycles. The number of ether oxygens (including phenoxy) is 1. The number of hydrogen-bond donors (Lipinski definition) is 1. The van der Waals surface area contributed by atoms with E-state index in [4.69, 9.17) is 9.57 Å². The Kier molecular flexibility index (Phi) is 5.46. The summed E-state index contributed by atoms with van der Waals surface area (Å²) in [5.41, 5.74) is 1.03. The maximum atomic E-state index is 12.8. The number of pyridine rings is 2. The first-order chi connectivity index (χ1) is 14.5. The fraction of sp³-hybridized carbons (Fsp3) is 0.316. The molecular formula is C19H19N5O5S. The van der Waals surface area contributed by atoms with E-state index in [0.29, 0.717) is 48.5 Å². The fourth-order valence-electron chi connectivity index (χ4n) is 3.14. The Hall–Kier alpha value is -3.31. The minimum absolute atomic E-state index is 0.270. The first-order valence-corrected chi connectivity index (χ1v) is 9.99. The number of aromatic carboxylic acids is 1. The number of rotatable bonds is 7. The van der Waals surface area contributed by atoms with Gasteiger partial charge in [0.15, 0.2) is 10.8 Å².